The van der Waals surface area contributed by atoms with Gasteiger partial charge in [-0.15, -0.1) is 0 Å². The summed E-state index contributed by atoms with van der Waals surface area (Å²) in [5.74, 6) is 1.20. The molecule has 1 N–H and O–H groups in total. The molecule has 3 nitrogen and oxygen atoms in total. The van der Waals surface area contributed by atoms with Crippen LogP contribution in [-0.2, 0) is 6.42 Å². The minimum absolute atomic E-state index is 0.559. The second-order valence-corrected chi connectivity index (χ2v) is 5.45. The summed E-state index contributed by atoms with van der Waals surface area (Å²) in [5.41, 5.74) is 2.36. The Labute approximate surface area is 109 Å². The average molecular weight is 294 g/mol. The molecule has 1 fully saturated rings. The first kappa shape index (κ1) is 11.2. The Morgan fingerprint density at radius 3 is 3.12 bits per heavy atom. The number of nitrogens with one attached hydrogen (secondary N) is 1. The fraction of sp³-hybridized carbons (Fsp3) is 0.462. The number of hydrogen-bond donors (Lipinski definition) is 1. The minimum atomic E-state index is 0.559. The highest BCUT2D eigenvalue weighted by molar-refractivity contribution is 9.10. The fourth-order valence-corrected chi connectivity index (χ4v) is 2.98. The van der Waals surface area contributed by atoms with Crippen molar-refractivity contribution in [3.63, 3.8) is 0 Å². The number of benzene rings is 1. The van der Waals surface area contributed by atoms with Crippen molar-refractivity contribution in [1.29, 1.82) is 0 Å². The number of nitrogens with zero attached hydrogens (tertiary/aromatic N) is 2. The van der Waals surface area contributed by atoms with E-state index in [2.05, 4.69) is 50.9 Å². The smallest absolute Gasteiger partial charge is 0.109 e. The largest absolute Gasteiger partial charge is 0.323 e. The molecule has 0 bridgehead atoms. The van der Waals surface area contributed by atoms with Crippen molar-refractivity contribution in [3.05, 3.63) is 28.5 Å². The van der Waals surface area contributed by atoms with Crippen LogP contribution in [0, 0.1) is 0 Å². The Balaban J connectivity index is 2.20. The fourth-order valence-electron chi connectivity index (χ4n) is 2.63. The number of fused-ring (bicyclic) bond motifs is 1. The Bertz CT molecular complexity index is 541. The standard InChI is InChI=1S/C13H16BrN3/c1-2-13-16-11-4-3-9(14)7-12(11)17(13)10-5-6-15-8-10/h3-4,7,10,15H,2,5-6,8H2,1H3. The van der Waals surface area contributed by atoms with Crippen LogP contribution in [0.1, 0.15) is 25.2 Å². The van der Waals surface area contributed by atoms with Gasteiger partial charge in [0.25, 0.3) is 0 Å². The van der Waals surface area contributed by atoms with Gasteiger partial charge in [0.1, 0.15) is 5.82 Å². The molecule has 1 saturated heterocycles. The highest BCUT2D eigenvalue weighted by Gasteiger charge is 2.21. The van der Waals surface area contributed by atoms with Gasteiger partial charge >= 0.3 is 0 Å². The van der Waals surface area contributed by atoms with Gasteiger partial charge in [0.15, 0.2) is 0 Å². The third-order valence-corrected chi connectivity index (χ3v) is 3.93. The van der Waals surface area contributed by atoms with E-state index in [4.69, 9.17) is 4.98 Å². The van der Waals surface area contributed by atoms with E-state index in [-0.39, 0.29) is 0 Å². The maximum Gasteiger partial charge on any atom is 0.109 e. The second-order valence-electron chi connectivity index (χ2n) is 4.53. The van der Waals surface area contributed by atoms with Crippen molar-refractivity contribution in [2.24, 2.45) is 0 Å². The van der Waals surface area contributed by atoms with Crippen molar-refractivity contribution in [1.82, 2.24) is 14.9 Å². The molecule has 0 aliphatic carbocycles. The van der Waals surface area contributed by atoms with E-state index < -0.39 is 0 Å². The molecule has 1 aromatic heterocycles. The summed E-state index contributed by atoms with van der Waals surface area (Å²) in [6.45, 7) is 4.35. The van der Waals surface area contributed by atoms with Crippen molar-refractivity contribution < 1.29 is 0 Å². The van der Waals surface area contributed by atoms with Crippen LogP contribution in [0.4, 0.5) is 0 Å². The van der Waals surface area contributed by atoms with E-state index in [1.807, 2.05) is 0 Å². The second kappa shape index (κ2) is 4.42. The molecule has 17 heavy (non-hydrogen) atoms. The van der Waals surface area contributed by atoms with Crippen LogP contribution in [0.2, 0.25) is 0 Å². The van der Waals surface area contributed by atoms with Crippen LogP contribution in [0.5, 0.6) is 0 Å². The quantitative estimate of drug-likeness (QED) is 0.923. The van der Waals surface area contributed by atoms with Gasteiger partial charge in [-0.05, 0) is 31.2 Å². The van der Waals surface area contributed by atoms with Gasteiger partial charge in [-0.1, -0.05) is 22.9 Å². The lowest BCUT2D eigenvalue weighted by molar-refractivity contribution is 0.539. The Morgan fingerprint density at radius 1 is 1.53 bits per heavy atom. The lowest BCUT2D eigenvalue weighted by Crippen LogP contribution is -2.15. The van der Waals surface area contributed by atoms with Crippen LogP contribution in [0.15, 0.2) is 22.7 Å². The Kier molecular flexibility index (Phi) is 2.92. The van der Waals surface area contributed by atoms with Crippen molar-refractivity contribution in [2.75, 3.05) is 13.1 Å². The number of aromatic nitrogens is 2. The van der Waals surface area contributed by atoms with Gasteiger partial charge in [0, 0.05) is 23.5 Å². The van der Waals surface area contributed by atoms with E-state index in [1.54, 1.807) is 0 Å². The predicted octanol–water partition coefficient (Wildman–Crippen LogP) is 2.90. The lowest BCUT2D eigenvalue weighted by atomic mass is 10.2. The molecular weight excluding hydrogens is 278 g/mol. The molecule has 1 aliphatic heterocycles. The Hall–Kier alpha value is -0.870. The Morgan fingerprint density at radius 2 is 2.41 bits per heavy atom. The first-order valence-electron chi connectivity index (χ1n) is 6.16. The van der Waals surface area contributed by atoms with Crippen molar-refractivity contribution in [3.8, 4) is 0 Å². The third kappa shape index (κ3) is 1.89. The zero-order valence-electron chi connectivity index (χ0n) is 9.91. The molecule has 1 atom stereocenters. The van der Waals surface area contributed by atoms with Crippen LogP contribution < -0.4 is 5.32 Å². The maximum absolute atomic E-state index is 4.73. The summed E-state index contributed by atoms with van der Waals surface area (Å²) in [4.78, 5) is 4.73. The van der Waals surface area contributed by atoms with Crippen LogP contribution in [0.25, 0.3) is 11.0 Å². The minimum Gasteiger partial charge on any atom is -0.323 e. The topological polar surface area (TPSA) is 29.9 Å². The zero-order chi connectivity index (χ0) is 11.8. The van der Waals surface area contributed by atoms with Crippen LogP contribution in [0.3, 0.4) is 0 Å². The normalized spacial score (nSPS) is 20.2. The molecule has 1 aliphatic rings. The van der Waals surface area contributed by atoms with Gasteiger partial charge in [0.2, 0.25) is 0 Å². The predicted molar refractivity (Wildman–Crippen MR) is 73.3 cm³/mol. The van der Waals surface area contributed by atoms with E-state index in [1.165, 1.54) is 17.8 Å². The van der Waals surface area contributed by atoms with Crippen molar-refractivity contribution >= 4 is 27.0 Å². The molecule has 2 heterocycles. The number of halogens is 1. The summed E-state index contributed by atoms with van der Waals surface area (Å²) in [7, 11) is 0. The first-order valence-corrected chi connectivity index (χ1v) is 6.96. The van der Waals surface area contributed by atoms with E-state index >= 15 is 0 Å². The van der Waals surface area contributed by atoms with Gasteiger partial charge < -0.3 is 9.88 Å². The summed E-state index contributed by atoms with van der Waals surface area (Å²) in [5, 5.41) is 3.43. The lowest BCUT2D eigenvalue weighted by Gasteiger charge is -2.15. The molecule has 0 radical (unpaired) electrons. The number of imidazole rings is 1. The maximum atomic E-state index is 4.73. The molecule has 4 heteroatoms. The van der Waals surface area contributed by atoms with Gasteiger partial charge in [-0.3, -0.25) is 0 Å². The molecule has 1 aromatic carbocycles. The number of aryl methyl sites for hydroxylation is 1. The summed E-state index contributed by atoms with van der Waals surface area (Å²) in [6, 6.07) is 6.90. The third-order valence-electron chi connectivity index (χ3n) is 3.44. The highest BCUT2D eigenvalue weighted by atomic mass is 79.9. The number of rotatable bonds is 2. The van der Waals surface area contributed by atoms with E-state index in [0.717, 1.165) is 29.5 Å². The molecular formula is C13H16BrN3. The summed E-state index contributed by atoms with van der Waals surface area (Å²) in [6.07, 6.45) is 2.19. The molecule has 0 spiro atoms. The van der Waals surface area contributed by atoms with Crippen LogP contribution >= 0.6 is 15.9 Å². The SMILES string of the molecule is CCc1nc2ccc(Br)cc2n1C1CCNC1. The molecule has 90 valence electrons. The monoisotopic (exact) mass is 293 g/mol. The molecule has 0 saturated carbocycles. The highest BCUT2D eigenvalue weighted by Crippen LogP contribution is 2.27. The molecule has 2 aromatic rings. The van der Waals surface area contributed by atoms with E-state index in [0.29, 0.717) is 6.04 Å². The van der Waals surface area contributed by atoms with Crippen molar-refractivity contribution in [2.45, 2.75) is 25.8 Å². The molecule has 0 amide bonds. The van der Waals surface area contributed by atoms with Crippen LogP contribution in [-0.4, -0.2) is 22.6 Å². The zero-order valence-corrected chi connectivity index (χ0v) is 11.5. The van der Waals surface area contributed by atoms with Gasteiger partial charge in [0.05, 0.1) is 11.0 Å². The van der Waals surface area contributed by atoms with Gasteiger partial charge in [-0.25, -0.2) is 4.98 Å². The summed E-state index contributed by atoms with van der Waals surface area (Å²) < 4.78 is 3.54. The molecule has 3 rings (SSSR count). The van der Waals surface area contributed by atoms with Gasteiger partial charge in [-0.2, -0.15) is 0 Å². The number of hydrogen-bond acceptors (Lipinski definition) is 2. The first-order chi connectivity index (χ1) is 8.29. The van der Waals surface area contributed by atoms with E-state index in [9.17, 15) is 0 Å². The summed E-state index contributed by atoms with van der Waals surface area (Å²) >= 11 is 3.55. The average Bonchev–Trinajstić information content (AvgIpc) is 2.93. The molecule has 1 unspecified atom stereocenters.